The van der Waals surface area contributed by atoms with Crippen LogP contribution in [0.3, 0.4) is 0 Å². The average Bonchev–Trinajstić information content (AvgIpc) is 2.57. The van der Waals surface area contributed by atoms with Crippen LogP contribution in [0.2, 0.25) is 5.02 Å². The fourth-order valence-electron chi connectivity index (χ4n) is 2.23. The zero-order valence-electron chi connectivity index (χ0n) is 13.3. The summed E-state index contributed by atoms with van der Waals surface area (Å²) in [5, 5.41) is 3.03. The molecule has 2 amide bonds. The molecule has 2 rings (SSSR count). The second-order valence-corrected chi connectivity index (χ2v) is 5.67. The third-order valence-corrected chi connectivity index (χ3v) is 3.72. The predicted octanol–water partition coefficient (Wildman–Crippen LogP) is 3.26. The number of carbonyl (C=O) groups excluding carboxylic acids is 2. The lowest BCUT2D eigenvalue weighted by atomic mass is 10.2. The number of likely N-dealkylation sites (N-methyl/N-ethyl adjacent to an activating group) is 1. The summed E-state index contributed by atoms with van der Waals surface area (Å²) in [5.74, 6) is -0.949. The summed E-state index contributed by atoms with van der Waals surface area (Å²) in [5.41, 5.74) is 1.09. The largest absolute Gasteiger partial charge is 0.343 e. The maximum atomic E-state index is 13.2. The molecule has 0 saturated heterocycles. The van der Waals surface area contributed by atoms with Gasteiger partial charge in [0.25, 0.3) is 5.91 Å². The molecule has 2 aromatic carbocycles. The van der Waals surface area contributed by atoms with E-state index < -0.39 is 0 Å². The van der Waals surface area contributed by atoms with Gasteiger partial charge in [0.2, 0.25) is 5.91 Å². The van der Waals surface area contributed by atoms with Gasteiger partial charge in [-0.2, -0.15) is 0 Å². The van der Waals surface area contributed by atoms with E-state index in [-0.39, 0.29) is 24.2 Å². The number of hydrogen-bond donors (Lipinski definition) is 1. The normalized spacial score (nSPS) is 10.3. The summed E-state index contributed by atoms with van der Waals surface area (Å²) in [4.78, 5) is 25.8. The van der Waals surface area contributed by atoms with Gasteiger partial charge in [-0.05, 0) is 42.8 Å². The van der Waals surface area contributed by atoms with Crippen molar-refractivity contribution in [2.45, 2.75) is 13.5 Å². The molecule has 0 bridgehead atoms. The van der Waals surface area contributed by atoms with Gasteiger partial charge < -0.3 is 10.2 Å². The van der Waals surface area contributed by atoms with Crippen LogP contribution in [0.4, 0.5) is 4.39 Å². The first-order chi connectivity index (χ1) is 11.5. The molecule has 0 spiro atoms. The van der Waals surface area contributed by atoms with Gasteiger partial charge in [-0.1, -0.05) is 29.8 Å². The van der Waals surface area contributed by atoms with E-state index in [1.807, 2.05) is 6.92 Å². The summed E-state index contributed by atoms with van der Waals surface area (Å²) in [6.45, 7) is 2.45. The highest BCUT2D eigenvalue weighted by atomic mass is 35.5. The number of carbonyl (C=O) groups is 2. The second kappa shape index (κ2) is 8.45. The Labute approximate surface area is 145 Å². The first kappa shape index (κ1) is 17.9. The number of hydrogen-bond acceptors (Lipinski definition) is 2. The van der Waals surface area contributed by atoms with Crippen molar-refractivity contribution >= 4 is 23.4 Å². The highest BCUT2D eigenvalue weighted by molar-refractivity contribution is 6.30. The molecule has 0 heterocycles. The fourth-order valence-corrected chi connectivity index (χ4v) is 2.42. The summed E-state index contributed by atoms with van der Waals surface area (Å²) < 4.78 is 13.2. The molecule has 24 heavy (non-hydrogen) atoms. The summed E-state index contributed by atoms with van der Waals surface area (Å²) in [6, 6.07) is 12.6. The number of rotatable bonds is 6. The Morgan fingerprint density at radius 3 is 2.58 bits per heavy atom. The molecule has 0 atom stereocenters. The molecular weight excluding hydrogens is 331 g/mol. The van der Waals surface area contributed by atoms with Crippen molar-refractivity contribution in [3.63, 3.8) is 0 Å². The Morgan fingerprint density at radius 2 is 1.92 bits per heavy atom. The van der Waals surface area contributed by atoms with Crippen LogP contribution >= 0.6 is 11.6 Å². The van der Waals surface area contributed by atoms with Crippen LogP contribution in [0.25, 0.3) is 0 Å². The lowest BCUT2D eigenvalue weighted by molar-refractivity contribution is -0.130. The van der Waals surface area contributed by atoms with Crippen molar-refractivity contribution in [3.05, 3.63) is 70.5 Å². The smallest absolute Gasteiger partial charge is 0.251 e. The molecule has 1 N–H and O–H groups in total. The molecular formula is C18H18ClFN2O2. The SMILES string of the molecule is CCN(Cc1cccc(F)c1)C(=O)CNC(=O)c1cccc(Cl)c1. The van der Waals surface area contributed by atoms with Crippen molar-refractivity contribution in [2.75, 3.05) is 13.1 Å². The fraction of sp³-hybridized carbons (Fsp3) is 0.222. The van der Waals surface area contributed by atoms with Crippen LogP contribution in [0.15, 0.2) is 48.5 Å². The van der Waals surface area contributed by atoms with E-state index in [2.05, 4.69) is 5.32 Å². The molecule has 0 saturated carbocycles. The first-order valence-electron chi connectivity index (χ1n) is 7.55. The summed E-state index contributed by atoms with van der Waals surface area (Å²) in [7, 11) is 0. The Morgan fingerprint density at radius 1 is 1.17 bits per heavy atom. The quantitative estimate of drug-likeness (QED) is 0.871. The van der Waals surface area contributed by atoms with E-state index in [1.165, 1.54) is 18.2 Å². The van der Waals surface area contributed by atoms with Gasteiger partial charge in [-0.15, -0.1) is 0 Å². The minimum Gasteiger partial charge on any atom is -0.343 e. The van der Waals surface area contributed by atoms with Crippen LogP contribution in [0.5, 0.6) is 0 Å². The molecule has 0 unspecified atom stereocenters. The van der Waals surface area contributed by atoms with E-state index in [0.29, 0.717) is 29.2 Å². The monoisotopic (exact) mass is 348 g/mol. The number of benzene rings is 2. The molecule has 6 heteroatoms. The van der Waals surface area contributed by atoms with Crippen molar-refractivity contribution < 1.29 is 14.0 Å². The molecule has 0 aliphatic carbocycles. The van der Waals surface area contributed by atoms with Gasteiger partial charge in [0.15, 0.2) is 0 Å². The lowest BCUT2D eigenvalue weighted by Gasteiger charge is -2.21. The number of amides is 2. The van der Waals surface area contributed by atoms with Crippen LogP contribution in [0.1, 0.15) is 22.8 Å². The molecule has 0 aromatic heterocycles. The van der Waals surface area contributed by atoms with Crippen molar-refractivity contribution in [1.82, 2.24) is 10.2 Å². The van der Waals surface area contributed by atoms with E-state index in [1.54, 1.807) is 35.2 Å². The zero-order valence-corrected chi connectivity index (χ0v) is 14.0. The van der Waals surface area contributed by atoms with Crippen molar-refractivity contribution in [1.29, 1.82) is 0 Å². The van der Waals surface area contributed by atoms with Gasteiger partial charge >= 0.3 is 0 Å². The van der Waals surface area contributed by atoms with Gasteiger partial charge in [-0.3, -0.25) is 9.59 Å². The van der Waals surface area contributed by atoms with Gasteiger partial charge in [0.1, 0.15) is 5.82 Å². The molecule has 0 fully saturated rings. The minimum absolute atomic E-state index is 0.130. The highest BCUT2D eigenvalue weighted by Gasteiger charge is 2.14. The van der Waals surface area contributed by atoms with Crippen molar-refractivity contribution in [3.8, 4) is 0 Å². The zero-order chi connectivity index (χ0) is 17.5. The summed E-state index contributed by atoms with van der Waals surface area (Å²) >= 11 is 5.84. The predicted molar refractivity (Wildman–Crippen MR) is 91.3 cm³/mol. The van der Waals surface area contributed by atoms with Gasteiger partial charge in [-0.25, -0.2) is 4.39 Å². The molecule has 0 radical (unpaired) electrons. The van der Waals surface area contributed by atoms with Crippen LogP contribution < -0.4 is 5.32 Å². The van der Waals surface area contributed by atoms with E-state index in [4.69, 9.17) is 11.6 Å². The Bertz CT molecular complexity index is 736. The minimum atomic E-state index is -0.368. The van der Waals surface area contributed by atoms with E-state index in [0.717, 1.165) is 0 Å². The Hall–Kier alpha value is -2.40. The maximum Gasteiger partial charge on any atom is 0.251 e. The Kier molecular flexibility index (Phi) is 6.32. The Balaban J connectivity index is 1.93. The lowest BCUT2D eigenvalue weighted by Crippen LogP contribution is -2.39. The second-order valence-electron chi connectivity index (χ2n) is 5.23. The van der Waals surface area contributed by atoms with E-state index in [9.17, 15) is 14.0 Å². The number of nitrogens with zero attached hydrogens (tertiary/aromatic N) is 1. The molecule has 2 aromatic rings. The number of halogens is 2. The van der Waals surface area contributed by atoms with Crippen molar-refractivity contribution in [2.24, 2.45) is 0 Å². The van der Waals surface area contributed by atoms with E-state index >= 15 is 0 Å². The van der Waals surface area contributed by atoms with Gasteiger partial charge in [0.05, 0.1) is 6.54 Å². The summed E-state index contributed by atoms with van der Waals surface area (Å²) in [6.07, 6.45) is 0. The average molecular weight is 349 g/mol. The standard InChI is InChI=1S/C18H18ClFN2O2/c1-2-22(12-13-5-3-8-16(20)9-13)17(23)11-21-18(24)14-6-4-7-15(19)10-14/h3-10H,2,11-12H2,1H3,(H,21,24). The molecule has 0 aliphatic heterocycles. The topological polar surface area (TPSA) is 49.4 Å². The maximum absolute atomic E-state index is 13.2. The third kappa shape index (κ3) is 5.06. The van der Waals surface area contributed by atoms with Gasteiger partial charge in [0, 0.05) is 23.7 Å². The molecule has 4 nitrogen and oxygen atoms in total. The third-order valence-electron chi connectivity index (χ3n) is 3.48. The first-order valence-corrected chi connectivity index (χ1v) is 7.93. The molecule has 126 valence electrons. The molecule has 0 aliphatic rings. The van der Waals surface area contributed by atoms with Crippen LogP contribution in [-0.4, -0.2) is 29.8 Å². The van der Waals surface area contributed by atoms with Crippen LogP contribution in [-0.2, 0) is 11.3 Å². The highest BCUT2D eigenvalue weighted by Crippen LogP contribution is 2.10. The van der Waals surface area contributed by atoms with Crippen LogP contribution in [0, 0.1) is 5.82 Å². The number of nitrogens with one attached hydrogen (secondary N) is 1.